The Kier molecular flexibility index (Phi) is 4.15. The Balaban J connectivity index is 2.05. The summed E-state index contributed by atoms with van der Waals surface area (Å²) in [6, 6.07) is 7.55. The first kappa shape index (κ1) is 15.0. The summed E-state index contributed by atoms with van der Waals surface area (Å²) in [6.07, 6.45) is 1.09. The third-order valence-corrected chi connectivity index (χ3v) is 4.44. The molecule has 0 saturated heterocycles. The Hall–Kier alpha value is -1.40. The molecule has 2 rings (SSSR count). The highest BCUT2D eigenvalue weighted by molar-refractivity contribution is 9.10. The van der Waals surface area contributed by atoms with Gasteiger partial charge in [0.2, 0.25) is 0 Å². The number of halogens is 1. The molecule has 1 aliphatic rings. The van der Waals surface area contributed by atoms with Crippen molar-refractivity contribution in [2.24, 2.45) is 17.6 Å². The van der Waals surface area contributed by atoms with Crippen LogP contribution in [0.1, 0.15) is 18.4 Å². The van der Waals surface area contributed by atoms with Crippen LogP contribution in [0.4, 0.5) is 0 Å². The van der Waals surface area contributed by atoms with E-state index in [0.717, 1.165) is 10.0 Å². The van der Waals surface area contributed by atoms with Crippen molar-refractivity contribution in [2.75, 3.05) is 0 Å². The summed E-state index contributed by atoms with van der Waals surface area (Å²) in [5.41, 5.74) is 5.50. The molecule has 0 heterocycles. The van der Waals surface area contributed by atoms with Gasteiger partial charge in [-0.3, -0.25) is 9.59 Å². The molecule has 1 saturated carbocycles. The predicted octanol–water partition coefficient (Wildman–Crippen LogP) is 1.88. The molecule has 3 atom stereocenters. The summed E-state index contributed by atoms with van der Waals surface area (Å²) in [4.78, 5) is 22.3. The van der Waals surface area contributed by atoms with Crippen molar-refractivity contribution in [3.63, 3.8) is 0 Å². The minimum absolute atomic E-state index is 0.235. The van der Waals surface area contributed by atoms with Crippen LogP contribution in [-0.4, -0.2) is 27.7 Å². The van der Waals surface area contributed by atoms with Crippen LogP contribution < -0.4 is 5.73 Å². The van der Waals surface area contributed by atoms with E-state index in [4.69, 9.17) is 10.8 Å². The van der Waals surface area contributed by atoms with Gasteiger partial charge in [0.25, 0.3) is 0 Å². The predicted molar refractivity (Wildman–Crippen MR) is 76.3 cm³/mol. The summed E-state index contributed by atoms with van der Waals surface area (Å²) in [5, 5.41) is 18.3. The maximum absolute atomic E-state index is 11.4. The van der Waals surface area contributed by atoms with Crippen LogP contribution in [0.3, 0.4) is 0 Å². The number of nitrogens with two attached hydrogens (primary N) is 1. The zero-order chi connectivity index (χ0) is 14.9. The maximum atomic E-state index is 11.4. The van der Waals surface area contributed by atoms with Gasteiger partial charge in [0.1, 0.15) is 5.54 Å². The molecule has 0 aromatic heterocycles. The van der Waals surface area contributed by atoms with Gasteiger partial charge < -0.3 is 15.9 Å². The smallest absolute Gasteiger partial charge is 0.324 e. The summed E-state index contributed by atoms with van der Waals surface area (Å²) in [5.74, 6) is -3.19. The number of carboxylic acids is 2. The first-order valence-electron chi connectivity index (χ1n) is 6.34. The van der Waals surface area contributed by atoms with Gasteiger partial charge in [-0.15, -0.1) is 0 Å². The second-order valence-electron chi connectivity index (χ2n) is 5.26. The summed E-state index contributed by atoms with van der Waals surface area (Å²) < 4.78 is 0.951. The minimum Gasteiger partial charge on any atom is -0.481 e. The fraction of sp³-hybridized carbons (Fsp3) is 0.429. The van der Waals surface area contributed by atoms with E-state index in [2.05, 4.69) is 15.9 Å². The van der Waals surface area contributed by atoms with Crippen molar-refractivity contribution in [3.05, 3.63) is 34.3 Å². The zero-order valence-electron chi connectivity index (χ0n) is 10.8. The molecule has 108 valence electrons. The quantitative estimate of drug-likeness (QED) is 0.733. The van der Waals surface area contributed by atoms with Crippen molar-refractivity contribution in [3.8, 4) is 0 Å². The van der Waals surface area contributed by atoms with Crippen molar-refractivity contribution in [1.29, 1.82) is 0 Å². The molecule has 4 N–H and O–H groups in total. The van der Waals surface area contributed by atoms with Crippen molar-refractivity contribution in [2.45, 2.75) is 24.8 Å². The molecule has 6 heteroatoms. The average Bonchev–Trinajstić information content (AvgIpc) is 3.18. The van der Waals surface area contributed by atoms with Crippen molar-refractivity contribution < 1.29 is 19.8 Å². The lowest BCUT2D eigenvalue weighted by atomic mass is 9.86. The highest BCUT2D eigenvalue weighted by Gasteiger charge is 2.57. The third-order valence-electron chi connectivity index (χ3n) is 3.91. The van der Waals surface area contributed by atoms with Crippen LogP contribution in [0.15, 0.2) is 28.7 Å². The minimum atomic E-state index is -1.46. The second kappa shape index (κ2) is 5.54. The molecule has 0 bridgehead atoms. The molecule has 1 aliphatic carbocycles. The van der Waals surface area contributed by atoms with E-state index in [1.54, 1.807) is 0 Å². The molecule has 0 amide bonds. The zero-order valence-corrected chi connectivity index (χ0v) is 12.3. The van der Waals surface area contributed by atoms with Gasteiger partial charge in [-0.05, 0) is 37.0 Å². The molecule has 20 heavy (non-hydrogen) atoms. The highest BCUT2D eigenvalue weighted by atomic mass is 79.9. The van der Waals surface area contributed by atoms with E-state index >= 15 is 0 Å². The normalized spacial score (nSPS) is 23.9. The number of hydrogen-bond donors (Lipinski definition) is 3. The molecular weight excluding hydrogens is 326 g/mol. The Morgan fingerprint density at radius 3 is 2.35 bits per heavy atom. The Bertz CT molecular complexity index is 530. The van der Waals surface area contributed by atoms with Crippen LogP contribution in [0, 0.1) is 11.8 Å². The molecule has 0 spiro atoms. The van der Waals surface area contributed by atoms with Crippen LogP contribution in [0.5, 0.6) is 0 Å². The van der Waals surface area contributed by atoms with Crippen LogP contribution in [0.25, 0.3) is 0 Å². The van der Waals surface area contributed by atoms with Gasteiger partial charge in [-0.2, -0.15) is 0 Å². The summed E-state index contributed by atoms with van der Waals surface area (Å²) in [7, 11) is 0. The topological polar surface area (TPSA) is 101 Å². The van der Waals surface area contributed by atoms with Crippen molar-refractivity contribution in [1.82, 2.24) is 0 Å². The van der Waals surface area contributed by atoms with E-state index in [-0.39, 0.29) is 6.42 Å². The monoisotopic (exact) mass is 341 g/mol. The lowest BCUT2D eigenvalue weighted by molar-refractivity contribution is -0.145. The lowest BCUT2D eigenvalue weighted by Crippen LogP contribution is -2.51. The van der Waals surface area contributed by atoms with E-state index in [1.165, 1.54) is 0 Å². The number of carboxylic acid groups (broad SMARTS) is 2. The van der Waals surface area contributed by atoms with Crippen LogP contribution in [0.2, 0.25) is 0 Å². The maximum Gasteiger partial charge on any atom is 0.324 e. The molecule has 0 aliphatic heterocycles. The Morgan fingerprint density at radius 2 is 1.90 bits per heavy atom. The number of aliphatic carboxylic acids is 2. The summed E-state index contributed by atoms with van der Waals surface area (Å²) in [6.45, 7) is 0. The van der Waals surface area contributed by atoms with Gasteiger partial charge in [-0.1, -0.05) is 28.1 Å². The molecule has 0 radical (unpaired) electrons. The summed E-state index contributed by atoms with van der Waals surface area (Å²) >= 11 is 3.33. The van der Waals surface area contributed by atoms with E-state index < -0.39 is 29.3 Å². The van der Waals surface area contributed by atoms with Gasteiger partial charge in [0.15, 0.2) is 0 Å². The van der Waals surface area contributed by atoms with E-state index in [1.807, 2.05) is 24.3 Å². The van der Waals surface area contributed by atoms with E-state index in [0.29, 0.717) is 12.8 Å². The second-order valence-corrected chi connectivity index (χ2v) is 6.17. The van der Waals surface area contributed by atoms with Gasteiger partial charge >= 0.3 is 11.9 Å². The van der Waals surface area contributed by atoms with E-state index in [9.17, 15) is 14.7 Å². The number of hydrogen-bond acceptors (Lipinski definition) is 3. The molecule has 1 unspecified atom stereocenters. The first-order chi connectivity index (χ1) is 9.34. The molecule has 1 aromatic rings. The first-order valence-corrected chi connectivity index (χ1v) is 7.13. The fourth-order valence-corrected chi connectivity index (χ4v) is 2.75. The van der Waals surface area contributed by atoms with Crippen molar-refractivity contribution >= 4 is 27.9 Å². The highest BCUT2D eigenvalue weighted by Crippen LogP contribution is 2.47. The molecule has 1 fully saturated rings. The molecular formula is C14H16BrNO4. The number of aryl methyl sites for hydroxylation is 1. The van der Waals surface area contributed by atoms with Gasteiger partial charge in [0, 0.05) is 10.4 Å². The Labute approximate surface area is 124 Å². The van der Waals surface area contributed by atoms with Crippen LogP contribution in [-0.2, 0) is 16.0 Å². The van der Waals surface area contributed by atoms with Gasteiger partial charge in [0.05, 0.1) is 5.92 Å². The fourth-order valence-electron chi connectivity index (χ4n) is 2.49. The number of carbonyl (C=O) groups is 2. The third kappa shape index (κ3) is 3.02. The lowest BCUT2D eigenvalue weighted by Gasteiger charge is -2.25. The SMILES string of the molecule is NC(CCc1ccc(Br)cc1)(C(=O)O)[C@H]1C[C@@H]1C(=O)O. The Morgan fingerprint density at radius 1 is 1.30 bits per heavy atom. The largest absolute Gasteiger partial charge is 0.481 e. The van der Waals surface area contributed by atoms with Gasteiger partial charge in [-0.25, -0.2) is 0 Å². The molecule has 1 aromatic carbocycles. The number of benzene rings is 1. The van der Waals surface area contributed by atoms with Crippen LogP contribution >= 0.6 is 15.9 Å². The molecule has 5 nitrogen and oxygen atoms in total. The average molecular weight is 342 g/mol. The number of rotatable bonds is 6. The standard InChI is InChI=1S/C14H16BrNO4/c15-9-3-1-8(2-4-9)5-6-14(16,13(19)20)11-7-10(11)12(17)18/h1-4,10-11H,5-7,16H2,(H,17,18)(H,19,20)/t10-,11-,14?/m0/s1.